The summed E-state index contributed by atoms with van der Waals surface area (Å²) in [6.45, 7) is 8.96. The Morgan fingerprint density at radius 2 is 2.12 bits per heavy atom. The molecule has 1 N–H and O–H groups in total. The Kier molecular flexibility index (Phi) is 6.79. The standard InChI is InChI=1S/C15H29NO/c1-12(2)6-4-8-15(17)10-13(3)14-7-5-9-16-11-14/h12-14,16H,4-11H2,1-3H3. The number of carbonyl (C=O) groups excluding carboxylic acids is 1. The van der Waals surface area contributed by atoms with E-state index in [4.69, 9.17) is 0 Å². The van der Waals surface area contributed by atoms with Gasteiger partial charge in [-0.1, -0.05) is 27.2 Å². The second-order valence-electron chi connectivity index (χ2n) is 6.11. The van der Waals surface area contributed by atoms with Crippen molar-refractivity contribution in [2.75, 3.05) is 13.1 Å². The van der Waals surface area contributed by atoms with E-state index in [0.717, 1.165) is 44.2 Å². The average Bonchev–Trinajstić information content (AvgIpc) is 2.29. The summed E-state index contributed by atoms with van der Waals surface area (Å²) in [5.41, 5.74) is 0. The molecule has 0 radical (unpaired) electrons. The van der Waals surface area contributed by atoms with Crippen molar-refractivity contribution >= 4 is 5.78 Å². The molecule has 1 aliphatic rings. The highest BCUT2D eigenvalue weighted by Crippen LogP contribution is 2.23. The monoisotopic (exact) mass is 239 g/mol. The molecule has 17 heavy (non-hydrogen) atoms. The molecule has 0 aromatic rings. The zero-order valence-electron chi connectivity index (χ0n) is 11.8. The highest BCUT2D eigenvalue weighted by atomic mass is 16.1. The maximum Gasteiger partial charge on any atom is 0.133 e. The van der Waals surface area contributed by atoms with E-state index in [1.807, 2.05) is 0 Å². The summed E-state index contributed by atoms with van der Waals surface area (Å²) in [7, 11) is 0. The van der Waals surface area contributed by atoms with Crippen molar-refractivity contribution in [2.45, 2.75) is 59.3 Å². The van der Waals surface area contributed by atoms with Gasteiger partial charge in [-0.15, -0.1) is 0 Å². The topological polar surface area (TPSA) is 29.1 Å². The highest BCUT2D eigenvalue weighted by molar-refractivity contribution is 5.78. The van der Waals surface area contributed by atoms with Crippen LogP contribution in [-0.2, 0) is 4.79 Å². The van der Waals surface area contributed by atoms with Crippen LogP contribution in [-0.4, -0.2) is 18.9 Å². The van der Waals surface area contributed by atoms with E-state index >= 15 is 0 Å². The molecule has 0 spiro atoms. The Balaban J connectivity index is 2.15. The molecule has 2 nitrogen and oxygen atoms in total. The summed E-state index contributed by atoms with van der Waals surface area (Å²) in [4.78, 5) is 11.9. The molecule has 1 rings (SSSR count). The maximum atomic E-state index is 11.9. The number of hydrogen-bond acceptors (Lipinski definition) is 2. The van der Waals surface area contributed by atoms with Crippen molar-refractivity contribution in [1.82, 2.24) is 5.32 Å². The third-order valence-corrected chi connectivity index (χ3v) is 3.93. The molecule has 2 heteroatoms. The largest absolute Gasteiger partial charge is 0.316 e. The Morgan fingerprint density at radius 1 is 1.35 bits per heavy atom. The number of ketones is 1. The van der Waals surface area contributed by atoms with E-state index in [1.165, 1.54) is 19.3 Å². The van der Waals surface area contributed by atoms with Gasteiger partial charge in [0.05, 0.1) is 0 Å². The molecule has 0 aromatic heterocycles. The molecular formula is C15H29NO. The lowest BCUT2D eigenvalue weighted by molar-refractivity contribution is -0.120. The smallest absolute Gasteiger partial charge is 0.133 e. The lowest BCUT2D eigenvalue weighted by atomic mass is 9.84. The van der Waals surface area contributed by atoms with Crippen LogP contribution in [0.2, 0.25) is 0 Å². The van der Waals surface area contributed by atoms with E-state index in [2.05, 4.69) is 26.1 Å². The Morgan fingerprint density at radius 3 is 2.71 bits per heavy atom. The predicted octanol–water partition coefficient (Wildman–Crippen LogP) is 3.41. The molecule has 0 amide bonds. The average molecular weight is 239 g/mol. The van der Waals surface area contributed by atoms with E-state index in [9.17, 15) is 4.79 Å². The molecule has 0 aliphatic carbocycles. The van der Waals surface area contributed by atoms with Crippen molar-refractivity contribution in [3.05, 3.63) is 0 Å². The summed E-state index contributed by atoms with van der Waals surface area (Å²) in [5, 5.41) is 3.44. The van der Waals surface area contributed by atoms with Crippen molar-refractivity contribution in [1.29, 1.82) is 0 Å². The van der Waals surface area contributed by atoms with E-state index < -0.39 is 0 Å². The van der Waals surface area contributed by atoms with Gasteiger partial charge in [0.1, 0.15) is 5.78 Å². The molecule has 1 heterocycles. The lowest BCUT2D eigenvalue weighted by Crippen LogP contribution is -2.33. The number of hydrogen-bond donors (Lipinski definition) is 1. The van der Waals surface area contributed by atoms with Crippen molar-refractivity contribution in [3.63, 3.8) is 0 Å². The van der Waals surface area contributed by atoms with Gasteiger partial charge in [0, 0.05) is 12.8 Å². The van der Waals surface area contributed by atoms with Crippen LogP contribution >= 0.6 is 0 Å². The first-order valence-electron chi connectivity index (χ1n) is 7.32. The first-order valence-corrected chi connectivity index (χ1v) is 7.32. The van der Waals surface area contributed by atoms with Crippen LogP contribution < -0.4 is 5.32 Å². The zero-order valence-corrected chi connectivity index (χ0v) is 11.8. The highest BCUT2D eigenvalue weighted by Gasteiger charge is 2.21. The minimum atomic E-state index is 0.476. The van der Waals surface area contributed by atoms with Gasteiger partial charge in [-0.25, -0.2) is 0 Å². The Bertz CT molecular complexity index is 219. The molecule has 0 aromatic carbocycles. The van der Waals surface area contributed by atoms with Gasteiger partial charge in [-0.2, -0.15) is 0 Å². The lowest BCUT2D eigenvalue weighted by Gasteiger charge is -2.28. The van der Waals surface area contributed by atoms with Crippen molar-refractivity contribution in [3.8, 4) is 0 Å². The van der Waals surface area contributed by atoms with Crippen molar-refractivity contribution in [2.24, 2.45) is 17.8 Å². The summed E-state index contributed by atoms with van der Waals surface area (Å²) in [6.07, 6.45) is 6.42. The van der Waals surface area contributed by atoms with Crippen LogP contribution in [0.1, 0.15) is 59.3 Å². The van der Waals surface area contributed by atoms with Crippen LogP contribution in [0, 0.1) is 17.8 Å². The summed E-state index contributed by atoms with van der Waals surface area (Å²) >= 11 is 0. The molecule has 2 unspecified atom stereocenters. The number of Topliss-reactive ketones (excluding diaryl/α,β-unsaturated/α-hetero) is 1. The number of rotatable bonds is 7. The fraction of sp³-hybridized carbons (Fsp3) is 0.933. The quantitative estimate of drug-likeness (QED) is 0.737. The van der Waals surface area contributed by atoms with Gasteiger partial charge in [0.15, 0.2) is 0 Å². The second kappa shape index (κ2) is 7.86. The second-order valence-corrected chi connectivity index (χ2v) is 6.11. The van der Waals surface area contributed by atoms with Crippen LogP contribution in [0.25, 0.3) is 0 Å². The number of nitrogens with one attached hydrogen (secondary N) is 1. The van der Waals surface area contributed by atoms with Crippen molar-refractivity contribution < 1.29 is 4.79 Å². The van der Waals surface area contributed by atoms with Gasteiger partial charge >= 0.3 is 0 Å². The van der Waals surface area contributed by atoms with Crippen LogP contribution in [0.3, 0.4) is 0 Å². The molecular weight excluding hydrogens is 210 g/mol. The first kappa shape index (κ1) is 14.7. The van der Waals surface area contributed by atoms with Gasteiger partial charge in [0.2, 0.25) is 0 Å². The Labute approximate surface area is 107 Å². The minimum Gasteiger partial charge on any atom is -0.316 e. The van der Waals surface area contributed by atoms with Crippen LogP contribution in [0.4, 0.5) is 0 Å². The molecule has 1 saturated heterocycles. The summed E-state index contributed by atoms with van der Waals surface area (Å²) in [5.74, 6) is 2.48. The SMILES string of the molecule is CC(C)CCCC(=O)CC(C)C1CCCNC1. The first-order chi connectivity index (χ1) is 8.09. The third-order valence-electron chi connectivity index (χ3n) is 3.93. The maximum absolute atomic E-state index is 11.9. The number of carbonyl (C=O) groups is 1. The van der Waals surface area contributed by atoms with Gasteiger partial charge in [-0.3, -0.25) is 4.79 Å². The normalized spacial score (nSPS) is 22.7. The van der Waals surface area contributed by atoms with E-state index in [-0.39, 0.29) is 0 Å². The fourth-order valence-corrected chi connectivity index (χ4v) is 2.70. The van der Waals surface area contributed by atoms with Crippen LogP contribution in [0.5, 0.6) is 0 Å². The van der Waals surface area contributed by atoms with E-state index in [0.29, 0.717) is 11.7 Å². The molecule has 1 fully saturated rings. The number of piperidine rings is 1. The third kappa shape index (κ3) is 6.21. The van der Waals surface area contributed by atoms with Crippen LogP contribution in [0.15, 0.2) is 0 Å². The summed E-state index contributed by atoms with van der Waals surface area (Å²) < 4.78 is 0. The Hall–Kier alpha value is -0.370. The molecule has 1 aliphatic heterocycles. The van der Waals surface area contributed by atoms with Gasteiger partial charge in [-0.05, 0) is 50.1 Å². The molecule has 0 bridgehead atoms. The fourth-order valence-electron chi connectivity index (χ4n) is 2.70. The van der Waals surface area contributed by atoms with Gasteiger partial charge < -0.3 is 5.32 Å². The minimum absolute atomic E-state index is 0.476. The molecule has 0 saturated carbocycles. The zero-order chi connectivity index (χ0) is 12.7. The van der Waals surface area contributed by atoms with Gasteiger partial charge in [0.25, 0.3) is 0 Å². The summed E-state index contributed by atoms with van der Waals surface area (Å²) in [6, 6.07) is 0. The molecule has 2 atom stereocenters. The predicted molar refractivity (Wildman–Crippen MR) is 73.1 cm³/mol. The molecule has 100 valence electrons. The van der Waals surface area contributed by atoms with E-state index in [1.54, 1.807) is 0 Å².